The molecule has 5 fully saturated rings. The number of carbonyl (C=O) groups is 1. The van der Waals surface area contributed by atoms with Crippen LogP contribution in [0.3, 0.4) is 0 Å². The van der Waals surface area contributed by atoms with Crippen LogP contribution in [0.1, 0.15) is 32.1 Å². The molecular weight excluding hydrogens is 312 g/mol. The van der Waals surface area contributed by atoms with Crippen LogP contribution in [-0.4, -0.2) is 32.2 Å². The Morgan fingerprint density at radius 3 is 2.28 bits per heavy atom. The van der Waals surface area contributed by atoms with Crippen molar-refractivity contribution in [3.05, 3.63) is 24.3 Å². The van der Waals surface area contributed by atoms with Gasteiger partial charge in [-0.2, -0.15) is 0 Å². The zero-order chi connectivity index (χ0) is 16.8. The van der Waals surface area contributed by atoms with Gasteiger partial charge in [-0.3, -0.25) is 4.79 Å². The molecule has 134 valence electrons. The lowest BCUT2D eigenvalue weighted by atomic mass is 9.51. The molecule has 1 aliphatic heterocycles. The number of morpholine rings is 1. The van der Waals surface area contributed by atoms with E-state index in [4.69, 9.17) is 4.74 Å². The molecule has 1 N–H and O–H groups in total. The second kappa shape index (κ2) is 6.31. The van der Waals surface area contributed by atoms with Gasteiger partial charge < -0.3 is 15.0 Å². The van der Waals surface area contributed by atoms with E-state index >= 15 is 0 Å². The Labute approximate surface area is 149 Å². The number of rotatable bonds is 3. The number of amides is 1. The summed E-state index contributed by atoms with van der Waals surface area (Å²) in [6, 6.07) is 8.26. The highest BCUT2D eigenvalue weighted by Crippen LogP contribution is 2.56. The molecule has 1 amide bonds. The number of para-hydroxylation sites is 2. The lowest BCUT2D eigenvalue weighted by Gasteiger charge is -2.53. The van der Waals surface area contributed by atoms with Gasteiger partial charge in [0.25, 0.3) is 0 Å². The van der Waals surface area contributed by atoms with Crippen LogP contribution in [0.25, 0.3) is 0 Å². The predicted octanol–water partition coefficient (Wildman–Crippen LogP) is 3.53. The summed E-state index contributed by atoms with van der Waals surface area (Å²) in [5.74, 6) is 3.60. The number of carbonyl (C=O) groups excluding carboxylic acids is 1. The maximum atomic E-state index is 13.2. The fraction of sp³-hybridized carbons (Fsp3) is 0.667. The molecule has 4 nitrogen and oxygen atoms in total. The Morgan fingerprint density at radius 1 is 0.960 bits per heavy atom. The first-order valence-electron chi connectivity index (χ1n) is 10.0. The molecule has 1 aromatic carbocycles. The minimum Gasteiger partial charge on any atom is -0.378 e. The topological polar surface area (TPSA) is 41.6 Å². The second-order valence-corrected chi connectivity index (χ2v) is 8.56. The van der Waals surface area contributed by atoms with Crippen LogP contribution >= 0.6 is 0 Å². The Morgan fingerprint density at radius 2 is 1.60 bits per heavy atom. The third-order valence-corrected chi connectivity index (χ3v) is 7.04. The van der Waals surface area contributed by atoms with Gasteiger partial charge in [0.1, 0.15) is 0 Å². The first kappa shape index (κ1) is 15.7. The summed E-state index contributed by atoms with van der Waals surface area (Å²) < 4.78 is 5.47. The maximum Gasteiger partial charge on any atom is 0.228 e. The van der Waals surface area contributed by atoms with Gasteiger partial charge in [0.2, 0.25) is 5.91 Å². The van der Waals surface area contributed by atoms with Crippen molar-refractivity contribution < 1.29 is 9.53 Å². The van der Waals surface area contributed by atoms with Crippen LogP contribution in [0.4, 0.5) is 11.4 Å². The van der Waals surface area contributed by atoms with Crippen molar-refractivity contribution in [1.82, 2.24) is 0 Å². The molecule has 0 atom stereocenters. The molecule has 1 aromatic rings. The van der Waals surface area contributed by atoms with E-state index in [1.54, 1.807) is 0 Å². The van der Waals surface area contributed by atoms with Crippen molar-refractivity contribution in [3.63, 3.8) is 0 Å². The summed E-state index contributed by atoms with van der Waals surface area (Å²) >= 11 is 0. The number of hydrogen-bond acceptors (Lipinski definition) is 3. The second-order valence-electron chi connectivity index (χ2n) is 8.56. The van der Waals surface area contributed by atoms with Gasteiger partial charge in [-0.05, 0) is 67.9 Å². The van der Waals surface area contributed by atoms with E-state index in [1.807, 2.05) is 6.07 Å². The van der Waals surface area contributed by atoms with Gasteiger partial charge >= 0.3 is 0 Å². The Hall–Kier alpha value is -1.55. The van der Waals surface area contributed by atoms with Gasteiger partial charge in [0.05, 0.1) is 24.6 Å². The number of hydrogen-bond donors (Lipinski definition) is 1. The minimum absolute atomic E-state index is 0.241. The lowest BCUT2D eigenvalue weighted by molar-refractivity contribution is -0.132. The number of nitrogens with one attached hydrogen (secondary N) is 1. The van der Waals surface area contributed by atoms with Crippen molar-refractivity contribution >= 4 is 17.3 Å². The molecule has 0 aromatic heterocycles. The summed E-state index contributed by atoms with van der Waals surface area (Å²) in [6.45, 7) is 3.31. The zero-order valence-electron chi connectivity index (χ0n) is 14.8. The molecule has 4 heteroatoms. The smallest absolute Gasteiger partial charge is 0.228 e. The number of nitrogens with zero attached hydrogens (tertiary/aromatic N) is 1. The van der Waals surface area contributed by atoms with E-state index in [1.165, 1.54) is 32.1 Å². The molecule has 6 rings (SSSR count). The maximum absolute atomic E-state index is 13.2. The number of anilines is 2. The highest BCUT2D eigenvalue weighted by molar-refractivity contribution is 5.96. The van der Waals surface area contributed by atoms with Gasteiger partial charge in [0, 0.05) is 19.0 Å². The molecule has 4 aliphatic carbocycles. The van der Waals surface area contributed by atoms with Crippen LogP contribution in [0.5, 0.6) is 0 Å². The van der Waals surface area contributed by atoms with Crippen molar-refractivity contribution in [2.75, 3.05) is 36.5 Å². The summed E-state index contributed by atoms with van der Waals surface area (Å²) in [5.41, 5.74) is 2.12. The van der Waals surface area contributed by atoms with E-state index in [0.29, 0.717) is 11.8 Å². The van der Waals surface area contributed by atoms with Crippen LogP contribution in [-0.2, 0) is 9.53 Å². The van der Waals surface area contributed by atoms with Crippen molar-refractivity contribution in [2.24, 2.45) is 29.6 Å². The van der Waals surface area contributed by atoms with E-state index in [2.05, 4.69) is 28.4 Å². The van der Waals surface area contributed by atoms with Gasteiger partial charge in [-0.25, -0.2) is 0 Å². The summed E-state index contributed by atoms with van der Waals surface area (Å²) in [4.78, 5) is 15.5. The zero-order valence-corrected chi connectivity index (χ0v) is 14.8. The fourth-order valence-corrected chi connectivity index (χ4v) is 6.23. The molecule has 0 unspecified atom stereocenters. The Balaban J connectivity index is 1.34. The van der Waals surface area contributed by atoms with Crippen LogP contribution < -0.4 is 10.2 Å². The first-order chi connectivity index (χ1) is 12.3. The molecule has 4 bridgehead atoms. The van der Waals surface area contributed by atoms with Crippen molar-refractivity contribution in [2.45, 2.75) is 32.1 Å². The van der Waals surface area contributed by atoms with Crippen molar-refractivity contribution in [1.29, 1.82) is 0 Å². The number of ether oxygens (including phenoxy) is 1. The highest BCUT2D eigenvalue weighted by atomic mass is 16.5. The normalized spacial score (nSPS) is 36.5. The third kappa shape index (κ3) is 2.84. The minimum atomic E-state index is 0.241. The third-order valence-electron chi connectivity index (χ3n) is 7.04. The van der Waals surface area contributed by atoms with Crippen LogP contribution in [0.2, 0.25) is 0 Å². The quantitative estimate of drug-likeness (QED) is 0.915. The molecule has 1 heterocycles. The average molecular weight is 340 g/mol. The molecule has 25 heavy (non-hydrogen) atoms. The average Bonchev–Trinajstić information content (AvgIpc) is 2.62. The predicted molar refractivity (Wildman–Crippen MR) is 98.6 cm³/mol. The van der Waals surface area contributed by atoms with E-state index in [9.17, 15) is 4.79 Å². The molecule has 0 radical (unpaired) electrons. The lowest BCUT2D eigenvalue weighted by Crippen LogP contribution is -2.49. The molecule has 4 saturated carbocycles. The SMILES string of the molecule is O=C(Nc1ccccc1N1CCOCC1)C1C2CC3CC(C2)CC1C3. The number of benzene rings is 1. The van der Waals surface area contributed by atoms with E-state index < -0.39 is 0 Å². The van der Waals surface area contributed by atoms with Gasteiger partial charge in [-0.1, -0.05) is 12.1 Å². The monoisotopic (exact) mass is 340 g/mol. The summed E-state index contributed by atoms with van der Waals surface area (Å²) in [6.07, 6.45) is 6.58. The van der Waals surface area contributed by atoms with Gasteiger partial charge in [0.15, 0.2) is 0 Å². The Bertz CT molecular complexity index is 625. The molecular formula is C21H28N2O2. The molecule has 5 aliphatic rings. The van der Waals surface area contributed by atoms with Crippen LogP contribution in [0.15, 0.2) is 24.3 Å². The first-order valence-corrected chi connectivity index (χ1v) is 10.0. The molecule has 0 spiro atoms. The summed E-state index contributed by atoms with van der Waals surface area (Å²) in [5, 5.41) is 3.31. The highest BCUT2D eigenvalue weighted by Gasteiger charge is 2.50. The Kier molecular flexibility index (Phi) is 3.96. The fourth-order valence-electron chi connectivity index (χ4n) is 6.23. The summed E-state index contributed by atoms with van der Waals surface area (Å²) in [7, 11) is 0. The van der Waals surface area contributed by atoms with E-state index in [-0.39, 0.29) is 11.8 Å². The molecule has 1 saturated heterocycles. The van der Waals surface area contributed by atoms with Crippen LogP contribution in [0, 0.1) is 29.6 Å². The van der Waals surface area contributed by atoms with E-state index in [0.717, 1.165) is 49.5 Å². The standard InChI is InChI=1S/C21H28N2O2/c24-21(20-16-10-14-9-15(12-16)13-17(20)11-14)22-18-3-1-2-4-19(18)23-5-7-25-8-6-23/h1-4,14-17,20H,5-13H2,(H,22,24). The largest absolute Gasteiger partial charge is 0.378 e. The van der Waals surface area contributed by atoms with Gasteiger partial charge in [-0.15, -0.1) is 0 Å². The van der Waals surface area contributed by atoms with Crippen molar-refractivity contribution in [3.8, 4) is 0 Å².